The molecule has 0 aliphatic heterocycles. The van der Waals surface area contributed by atoms with Gasteiger partial charge in [-0.25, -0.2) is 17.2 Å². The lowest BCUT2D eigenvalue weighted by Gasteiger charge is -2.30. The molecule has 34 heavy (non-hydrogen) atoms. The van der Waals surface area contributed by atoms with Crippen molar-refractivity contribution in [3.63, 3.8) is 0 Å². The predicted octanol–water partition coefficient (Wildman–Crippen LogP) is 5.95. The third-order valence-electron chi connectivity index (χ3n) is 5.89. The van der Waals surface area contributed by atoms with Crippen LogP contribution >= 0.6 is 0 Å². The summed E-state index contributed by atoms with van der Waals surface area (Å²) in [5, 5.41) is 10.7. The Labute approximate surface area is 198 Å². The predicted molar refractivity (Wildman–Crippen MR) is 129 cm³/mol. The smallest absolute Gasteiger partial charge is 0.272 e. The molecule has 1 aliphatic carbocycles. The molecule has 1 N–H and O–H groups in total. The number of halogens is 2. The summed E-state index contributed by atoms with van der Waals surface area (Å²) >= 11 is 0. The van der Waals surface area contributed by atoms with Gasteiger partial charge in [-0.2, -0.15) is 5.26 Å². The van der Waals surface area contributed by atoms with Crippen LogP contribution in [0.5, 0.6) is 5.75 Å². The SMILES string of the molecule is CC(C)CS(=O)(=O)Nc1ccc(-c2c(C#N)c3ccc(OCC(F)F)cc3n2C2CCC2)cc1. The van der Waals surface area contributed by atoms with Crippen molar-refractivity contribution >= 4 is 26.6 Å². The minimum absolute atomic E-state index is 0.00251. The van der Waals surface area contributed by atoms with Gasteiger partial charge in [-0.15, -0.1) is 0 Å². The molecular formula is C25H27F2N3O3S. The van der Waals surface area contributed by atoms with Crippen LogP contribution in [0, 0.1) is 17.2 Å². The van der Waals surface area contributed by atoms with Gasteiger partial charge in [0, 0.05) is 23.2 Å². The summed E-state index contributed by atoms with van der Waals surface area (Å²) in [6.45, 7) is 2.99. The Morgan fingerprint density at radius 3 is 2.44 bits per heavy atom. The molecule has 0 saturated heterocycles. The number of hydrogen-bond acceptors (Lipinski definition) is 4. The number of fused-ring (bicyclic) bond motifs is 1. The summed E-state index contributed by atoms with van der Waals surface area (Å²) in [5.74, 6) is 0.360. The first-order chi connectivity index (χ1) is 16.2. The van der Waals surface area contributed by atoms with Crippen LogP contribution in [0.4, 0.5) is 14.5 Å². The number of ether oxygens (including phenoxy) is 1. The van der Waals surface area contributed by atoms with E-state index in [1.807, 2.05) is 13.8 Å². The van der Waals surface area contributed by atoms with Gasteiger partial charge in [-0.1, -0.05) is 26.0 Å². The molecule has 0 atom stereocenters. The van der Waals surface area contributed by atoms with E-state index in [0.29, 0.717) is 17.0 Å². The molecule has 0 spiro atoms. The number of nitriles is 1. The third-order valence-corrected chi connectivity index (χ3v) is 7.54. The van der Waals surface area contributed by atoms with Crippen LogP contribution in [0.2, 0.25) is 0 Å². The molecule has 2 aromatic carbocycles. The average Bonchev–Trinajstić information content (AvgIpc) is 3.03. The molecule has 180 valence electrons. The highest BCUT2D eigenvalue weighted by atomic mass is 32.2. The number of anilines is 1. The van der Waals surface area contributed by atoms with E-state index in [1.54, 1.807) is 42.5 Å². The number of aromatic nitrogens is 1. The van der Waals surface area contributed by atoms with Crippen LogP contribution in [-0.4, -0.2) is 31.8 Å². The second kappa shape index (κ2) is 9.63. The molecular weight excluding hydrogens is 460 g/mol. The van der Waals surface area contributed by atoms with E-state index < -0.39 is 23.1 Å². The number of rotatable bonds is 9. The highest BCUT2D eigenvalue weighted by Gasteiger charge is 2.28. The number of nitrogens with zero attached hydrogens (tertiary/aromatic N) is 2. The Balaban J connectivity index is 1.76. The van der Waals surface area contributed by atoms with Gasteiger partial charge < -0.3 is 9.30 Å². The molecule has 1 aromatic heterocycles. The van der Waals surface area contributed by atoms with Crippen molar-refractivity contribution in [2.45, 2.75) is 45.6 Å². The maximum absolute atomic E-state index is 12.6. The van der Waals surface area contributed by atoms with Gasteiger partial charge in [0.2, 0.25) is 10.0 Å². The van der Waals surface area contributed by atoms with Crippen molar-refractivity contribution in [3.05, 3.63) is 48.0 Å². The lowest BCUT2D eigenvalue weighted by atomic mass is 9.92. The van der Waals surface area contributed by atoms with Crippen molar-refractivity contribution < 1.29 is 21.9 Å². The minimum atomic E-state index is -3.45. The number of nitrogens with one attached hydrogen (secondary N) is 1. The first-order valence-electron chi connectivity index (χ1n) is 11.3. The quantitative estimate of drug-likeness (QED) is 0.404. The Morgan fingerprint density at radius 2 is 1.88 bits per heavy atom. The first kappa shape index (κ1) is 24.0. The lowest BCUT2D eigenvalue weighted by molar-refractivity contribution is 0.0819. The zero-order valence-electron chi connectivity index (χ0n) is 19.1. The van der Waals surface area contributed by atoms with Crippen LogP contribution in [0.3, 0.4) is 0 Å². The topological polar surface area (TPSA) is 84.1 Å². The van der Waals surface area contributed by atoms with E-state index in [-0.39, 0.29) is 17.7 Å². The van der Waals surface area contributed by atoms with Crippen LogP contribution < -0.4 is 9.46 Å². The molecule has 6 nitrogen and oxygen atoms in total. The van der Waals surface area contributed by atoms with E-state index in [0.717, 1.165) is 41.4 Å². The van der Waals surface area contributed by atoms with Crippen molar-refractivity contribution in [3.8, 4) is 23.1 Å². The summed E-state index contributed by atoms with van der Waals surface area (Å²) in [4.78, 5) is 0. The summed E-state index contributed by atoms with van der Waals surface area (Å²) in [6.07, 6.45) is 0.410. The van der Waals surface area contributed by atoms with Crippen molar-refractivity contribution in [2.24, 2.45) is 5.92 Å². The number of sulfonamides is 1. The maximum Gasteiger partial charge on any atom is 0.272 e. The molecule has 1 aliphatic rings. The molecule has 0 radical (unpaired) electrons. The first-order valence-corrected chi connectivity index (χ1v) is 12.9. The molecule has 1 fully saturated rings. The fraction of sp³-hybridized carbons (Fsp3) is 0.400. The van der Waals surface area contributed by atoms with Gasteiger partial charge in [0.1, 0.15) is 18.4 Å². The zero-order valence-corrected chi connectivity index (χ0v) is 19.9. The third kappa shape index (κ3) is 5.02. The second-order valence-corrected chi connectivity index (χ2v) is 10.8. The van der Waals surface area contributed by atoms with Gasteiger partial charge >= 0.3 is 0 Å². The average molecular weight is 488 g/mol. The van der Waals surface area contributed by atoms with Crippen LogP contribution in [0.15, 0.2) is 42.5 Å². The van der Waals surface area contributed by atoms with Crippen molar-refractivity contribution in [2.75, 3.05) is 17.1 Å². The van der Waals surface area contributed by atoms with Crippen molar-refractivity contribution in [1.29, 1.82) is 5.26 Å². The van der Waals surface area contributed by atoms with Crippen LogP contribution in [0.1, 0.15) is 44.7 Å². The largest absolute Gasteiger partial charge is 0.488 e. The summed E-state index contributed by atoms with van der Waals surface area (Å²) in [5.41, 5.74) is 3.24. The minimum Gasteiger partial charge on any atom is -0.488 e. The summed E-state index contributed by atoms with van der Waals surface area (Å²) < 4.78 is 59.8. The van der Waals surface area contributed by atoms with Crippen LogP contribution in [-0.2, 0) is 10.0 Å². The molecule has 0 unspecified atom stereocenters. The molecule has 0 amide bonds. The maximum atomic E-state index is 12.6. The van der Waals surface area contributed by atoms with Gasteiger partial charge in [0.25, 0.3) is 6.43 Å². The van der Waals surface area contributed by atoms with Gasteiger partial charge in [-0.3, -0.25) is 4.72 Å². The normalized spacial score (nSPS) is 14.4. The van der Waals surface area contributed by atoms with Crippen molar-refractivity contribution in [1.82, 2.24) is 4.57 Å². The Kier molecular flexibility index (Phi) is 6.80. The van der Waals surface area contributed by atoms with Gasteiger partial charge in [-0.05, 0) is 55.0 Å². The fourth-order valence-electron chi connectivity index (χ4n) is 4.32. The van der Waals surface area contributed by atoms with E-state index >= 15 is 0 Å². The summed E-state index contributed by atoms with van der Waals surface area (Å²) in [7, 11) is -3.45. The molecule has 9 heteroatoms. The highest BCUT2D eigenvalue weighted by molar-refractivity contribution is 7.92. The van der Waals surface area contributed by atoms with E-state index in [1.165, 1.54) is 0 Å². The zero-order chi connectivity index (χ0) is 24.5. The highest BCUT2D eigenvalue weighted by Crippen LogP contribution is 2.43. The fourth-order valence-corrected chi connectivity index (χ4v) is 5.77. The van der Waals surface area contributed by atoms with Crippen LogP contribution in [0.25, 0.3) is 22.2 Å². The standard InChI is InChI=1S/C25H27F2N3O3S/c1-16(2)15-34(31,32)29-18-8-6-17(7-9-18)25-22(13-28)21-11-10-20(33-14-24(26)27)12-23(21)30(25)19-4-3-5-19/h6-12,16,19,24,29H,3-5,14-15H2,1-2H3. The lowest BCUT2D eigenvalue weighted by Crippen LogP contribution is -2.20. The molecule has 3 aromatic rings. The number of benzene rings is 2. The number of alkyl halides is 2. The Hall–Kier alpha value is -3.12. The van der Waals surface area contributed by atoms with E-state index in [4.69, 9.17) is 4.74 Å². The molecule has 1 saturated carbocycles. The molecule has 1 heterocycles. The Morgan fingerprint density at radius 1 is 1.18 bits per heavy atom. The van der Waals surface area contributed by atoms with E-state index in [9.17, 15) is 22.5 Å². The van der Waals surface area contributed by atoms with Gasteiger partial charge in [0.15, 0.2) is 0 Å². The monoisotopic (exact) mass is 487 g/mol. The summed E-state index contributed by atoms with van der Waals surface area (Å²) in [6, 6.07) is 14.5. The Bertz CT molecular complexity index is 1320. The second-order valence-electron chi connectivity index (χ2n) is 9.03. The molecule has 0 bridgehead atoms. The number of hydrogen-bond donors (Lipinski definition) is 1. The van der Waals surface area contributed by atoms with Gasteiger partial charge in [0.05, 0.1) is 22.5 Å². The van der Waals surface area contributed by atoms with E-state index in [2.05, 4.69) is 15.4 Å². The molecule has 4 rings (SSSR count).